The van der Waals surface area contributed by atoms with Crippen molar-refractivity contribution in [3.05, 3.63) is 33.9 Å². The molecule has 1 rings (SSSR count). The molecule has 0 aliphatic carbocycles. The number of hydrogen-bond acceptors (Lipinski definition) is 5. The van der Waals surface area contributed by atoms with E-state index in [-0.39, 0.29) is 11.4 Å². The number of rotatable bonds is 10. The van der Waals surface area contributed by atoms with Gasteiger partial charge in [0, 0.05) is 25.8 Å². The number of nitro benzene ring substituents is 1. The lowest BCUT2D eigenvalue weighted by Crippen LogP contribution is -2.19. The molecule has 0 spiro atoms. The van der Waals surface area contributed by atoms with Gasteiger partial charge in [0.2, 0.25) is 0 Å². The maximum Gasteiger partial charge on any atom is 0.311 e. The quantitative estimate of drug-likeness (QED) is 0.408. The number of hydrogen-bond donors (Lipinski definition) is 1. The van der Waals surface area contributed by atoms with Gasteiger partial charge in [0.05, 0.1) is 18.6 Å². The molecule has 0 unspecified atom stereocenters. The Morgan fingerprint density at radius 3 is 2.71 bits per heavy atom. The summed E-state index contributed by atoms with van der Waals surface area (Å²) in [5.74, 6) is 0.929. The fourth-order valence-electron chi connectivity index (χ4n) is 1.79. The first-order chi connectivity index (χ1) is 10.0. The summed E-state index contributed by atoms with van der Waals surface area (Å²) in [6.07, 6.45) is 1.06. The number of nitrogens with one attached hydrogen (secondary N) is 1. The van der Waals surface area contributed by atoms with E-state index >= 15 is 0 Å². The number of nitro groups is 1. The Kier molecular flexibility index (Phi) is 7.71. The van der Waals surface area contributed by atoms with Crippen LogP contribution in [0.2, 0.25) is 0 Å². The van der Waals surface area contributed by atoms with Crippen LogP contribution in [0, 0.1) is 16.0 Å². The van der Waals surface area contributed by atoms with Crippen molar-refractivity contribution in [1.29, 1.82) is 0 Å². The van der Waals surface area contributed by atoms with Crippen molar-refractivity contribution in [1.82, 2.24) is 5.32 Å². The molecule has 0 aromatic heterocycles. The van der Waals surface area contributed by atoms with E-state index in [2.05, 4.69) is 19.2 Å². The van der Waals surface area contributed by atoms with Gasteiger partial charge in [-0.15, -0.1) is 0 Å². The Morgan fingerprint density at radius 1 is 1.33 bits per heavy atom. The lowest BCUT2D eigenvalue weighted by molar-refractivity contribution is -0.385. The van der Waals surface area contributed by atoms with E-state index in [9.17, 15) is 10.1 Å². The molecule has 1 N–H and O–H groups in total. The summed E-state index contributed by atoms with van der Waals surface area (Å²) < 4.78 is 10.5. The van der Waals surface area contributed by atoms with Crippen LogP contribution in [0.25, 0.3) is 0 Å². The number of nitrogens with zero attached hydrogens (tertiary/aromatic N) is 1. The second-order valence-electron chi connectivity index (χ2n) is 5.23. The van der Waals surface area contributed by atoms with Gasteiger partial charge in [-0.25, -0.2) is 0 Å². The van der Waals surface area contributed by atoms with Gasteiger partial charge in [-0.3, -0.25) is 10.1 Å². The molecule has 0 fully saturated rings. The Morgan fingerprint density at radius 2 is 2.10 bits per heavy atom. The van der Waals surface area contributed by atoms with E-state index in [1.54, 1.807) is 6.07 Å². The number of benzene rings is 1. The van der Waals surface area contributed by atoms with Gasteiger partial charge in [0.15, 0.2) is 5.75 Å². The molecule has 0 saturated carbocycles. The summed E-state index contributed by atoms with van der Waals surface area (Å²) >= 11 is 0. The maximum atomic E-state index is 10.9. The maximum absolute atomic E-state index is 10.9. The zero-order valence-electron chi connectivity index (χ0n) is 12.9. The molecule has 21 heavy (non-hydrogen) atoms. The lowest BCUT2D eigenvalue weighted by atomic mass is 10.1. The predicted molar refractivity (Wildman–Crippen MR) is 81.6 cm³/mol. The highest BCUT2D eigenvalue weighted by Crippen LogP contribution is 2.27. The van der Waals surface area contributed by atoms with Crippen LogP contribution >= 0.6 is 0 Å². The topological polar surface area (TPSA) is 73.6 Å². The number of ether oxygens (including phenoxy) is 2. The van der Waals surface area contributed by atoms with Gasteiger partial charge in [-0.05, 0) is 24.0 Å². The van der Waals surface area contributed by atoms with Gasteiger partial charge < -0.3 is 14.8 Å². The average molecular weight is 296 g/mol. The first kappa shape index (κ1) is 17.4. The minimum Gasteiger partial charge on any atom is -0.490 e. The molecule has 0 aliphatic heterocycles. The normalized spacial score (nSPS) is 10.9. The van der Waals surface area contributed by atoms with Crippen LogP contribution in [0.1, 0.15) is 25.8 Å². The van der Waals surface area contributed by atoms with Gasteiger partial charge in [0.1, 0.15) is 0 Å². The van der Waals surface area contributed by atoms with E-state index in [0.29, 0.717) is 19.1 Å². The molecule has 1 aromatic rings. The highest BCUT2D eigenvalue weighted by Gasteiger charge is 2.14. The Bertz CT molecular complexity index is 449. The van der Waals surface area contributed by atoms with E-state index in [1.165, 1.54) is 13.2 Å². The Labute approximate surface area is 125 Å². The van der Waals surface area contributed by atoms with Gasteiger partial charge in [0.25, 0.3) is 0 Å². The molecule has 0 saturated heterocycles. The van der Waals surface area contributed by atoms with E-state index in [1.807, 2.05) is 6.07 Å². The number of methoxy groups -OCH3 is 1. The third-order valence-electron chi connectivity index (χ3n) is 3.03. The minimum atomic E-state index is -0.433. The van der Waals surface area contributed by atoms with E-state index in [4.69, 9.17) is 9.47 Å². The van der Waals surface area contributed by atoms with Crippen molar-refractivity contribution in [3.8, 4) is 5.75 Å². The van der Waals surface area contributed by atoms with Crippen molar-refractivity contribution >= 4 is 5.69 Å². The van der Waals surface area contributed by atoms with E-state index in [0.717, 1.165) is 25.1 Å². The van der Waals surface area contributed by atoms with Crippen molar-refractivity contribution < 1.29 is 14.4 Å². The molecule has 0 amide bonds. The highest BCUT2D eigenvalue weighted by atomic mass is 16.6. The van der Waals surface area contributed by atoms with Crippen LogP contribution in [-0.2, 0) is 11.3 Å². The van der Waals surface area contributed by atoms with Gasteiger partial charge in [-0.2, -0.15) is 0 Å². The first-order valence-electron chi connectivity index (χ1n) is 7.14. The summed E-state index contributed by atoms with van der Waals surface area (Å²) in [6.45, 7) is 7.03. The molecule has 6 heteroatoms. The molecule has 0 radical (unpaired) electrons. The van der Waals surface area contributed by atoms with Crippen molar-refractivity contribution in [2.45, 2.75) is 26.8 Å². The predicted octanol–water partition coefficient (Wildman–Crippen LogP) is 2.76. The summed E-state index contributed by atoms with van der Waals surface area (Å²) in [5.41, 5.74) is 0.842. The smallest absolute Gasteiger partial charge is 0.311 e. The van der Waals surface area contributed by atoms with Crippen LogP contribution in [0.3, 0.4) is 0 Å². The molecule has 0 heterocycles. The summed E-state index contributed by atoms with van der Waals surface area (Å²) in [4.78, 5) is 10.5. The molecule has 0 bridgehead atoms. The van der Waals surface area contributed by atoms with Crippen LogP contribution < -0.4 is 10.1 Å². The summed E-state index contributed by atoms with van der Waals surface area (Å²) in [5, 5.41) is 14.1. The standard InChI is InChI=1S/C15H24N2O4/c1-12(2)6-8-21-9-7-16-11-13-4-5-15(20-3)14(10-13)17(18)19/h4-5,10,12,16H,6-9,11H2,1-3H3. The fourth-order valence-corrected chi connectivity index (χ4v) is 1.79. The Hall–Kier alpha value is -1.66. The molecule has 0 atom stereocenters. The summed E-state index contributed by atoms with van der Waals surface area (Å²) in [6, 6.07) is 4.97. The minimum absolute atomic E-state index is 0.00927. The SMILES string of the molecule is COc1ccc(CNCCOCCC(C)C)cc1[N+](=O)[O-]. The third kappa shape index (κ3) is 6.55. The van der Waals surface area contributed by atoms with Crippen LogP contribution in [-0.4, -0.2) is 31.8 Å². The second kappa shape index (κ2) is 9.31. The zero-order valence-corrected chi connectivity index (χ0v) is 12.9. The molecule has 0 aliphatic rings. The van der Waals surface area contributed by atoms with Crippen LogP contribution in [0.4, 0.5) is 5.69 Å². The molecule has 6 nitrogen and oxygen atoms in total. The molecule has 118 valence electrons. The van der Waals surface area contributed by atoms with Gasteiger partial charge >= 0.3 is 5.69 Å². The average Bonchev–Trinajstić information content (AvgIpc) is 2.45. The monoisotopic (exact) mass is 296 g/mol. The zero-order chi connectivity index (χ0) is 15.7. The molecule has 1 aromatic carbocycles. The third-order valence-corrected chi connectivity index (χ3v) is 3.03. The van der Waals surface area contributed by atoms with Crippen molar-refractivity contribution in [2.24, 2.45) is 5.92 Å². The largest absolute Gasteiger partial charge is 0.490 e. The first-order valence-corrected chi connectivity index (χ1v) is 7.14. The van der Waals surface area contributed by atoms with Crippen molar-refractivity contribution in [2.75, 3.05) is 26.9 Å². The van der Waals surface area contributed by atoms with Crippen molar-refractivity contribution in [3.63, 3.8) is 0 Å². The van der Waals surface area contributed by atoms with Crippen LogP contribution in [0.15, 0.2) is 18.2 Å². The lowest BCUT2D eigenvalue weighted by Gasteiger charge is -2.08. The second-order valence-corrected chi connectivity index (χ2v) is 5.23. The highest BCUT2D eigenvalue weighted by molar-refractivity contribution is 5.48. The van der Waals surface area contributed by atoms with Crippen LogP contribution in [0.5, 0.6) is 5.75 Å². The molecular weight excluding hydrogens is 272 g/mol. The Balaban J connectivity index is 2.32. The van der Waals surface area contributed by atoms with E-state index < -0.39 is 4.92 Å². The molecular formula is C15H24N2O4. The summed E-state index contributed by atoms with van der Waals surface area (Å²) in [7, 11) is 1.43. The fraction of sp³-hybridized carbons (Fsp3) is 0.600. The van der Waals surface area contributed by atoms with Gasteiger partial charge in [-0.1, -0.05) is 19.9 Å².